The van der Waals surface area contributed by atoms with E-state index in [0.29, 0.717) is 17.7 Å². The SMILES string of the molecule is Clc1cccc(CNC2CC2)c1OCc1ccc(Br)cn1. The van der Waals surface area contributed by atoms with Crippen molar-refractivity contribution in [2.24, 2.45) is 0 Å². The highest BCUT2D eigenvalue weighted by molar-refractivity contribution is 9.10. The lowest BCUT2D eigenvalue weighted by Crippen LogP contribution is -2.16. The average Bonchev–Trinajstić information content (AvgIpc) is 3.30. The van der Waals surface area contributed by atoms with Crippen molar-refractivity contribution < 1.29 is 4.74 Å². The molecule has 5 heteroatoms. The Kier molecular flexibility index (Phi) is 4.78. The molecule has 0 radical (unpaired) electrons. The zero-order valence-electron chi connectivity index (χ0n) is 11.5. The van der Waals surface area contributed by atoms with Crippen LogP contribution < -0.4 is 10.1 Å². The summed E-state index contributed by atoms with van der Waals surface area (Å²) < 4.78 is 6.85. The van der Waals surface area contributed by atoms with Crippen LogP contribution in [0.2, 0.25) is 5.02 Å². The number of aromatic nitrogens is 1. The van der Waals surface area contributed by atoms with E-state index in [1.807, 2.05) is 30.3 Å². The van der Waals surface area contributed by atoms with Gasteiger partial charge in [-0.2, -0.15) is 0 Å². The van der Waals surface area contributed by atoms with Crippen molar-refractivity contribution in [3.05, 3.63) is 57.3 Å². The quantitative estimate of drug-likeness (QED) is 0.825. The summed E-state index contributed by atoms with van der Waals surface area (Å²) in [6, 6.07) is 10.4. The van der Waals surface area contributed by atoms with Crippen molar-refractivity contribution in [1.82, 2.24) is 10.3 Å². The summed E-state index contributed by atoms with van der Waals surface area (Å²) in [5.41, 5.74) is 1.96. The predicted octanol–water partition coefficient (Wildman–Crippen LogP) is 4.33. The Hall–Kier alpha value is -1.10. The van der Waals surface area contributed by atoms with Crippen LogP contribution in [0.4, 0.5) is 0 Å². The van der Waals surface area contributed by atoms with Crippen molar-refractivity contribution >= 4 is 27.5 Å². The number of halogens is 2. The molecule has 0 unspecified atom stereocenters. The van der Waals surface area contributed by atoms with E-state index in [4.69, 9.17) is 16.3 Å². The van der Waals surface area contributed by atoms with Gasteiger partial charge in [-0.15, -0.1) is 0 Å². The van der Waals surface area contributed by atoms with Gasteiger partial charge in [0.1, 0.15) is 12.4 Å². The molecule has 1 aliphatic rings. The standard InChI is InChI=1S/C16H16BrClN2O/c17-12-4-5-14(20-9-12)10-21-16-11(2-1-3-15(16)18)8-19-13-6-7-13/h1-5,9,13,19H,6-8,10H2. The van der Waals surface area contributed by atoms with Gasteiger partial charge in [0.25, 0.3) is 0 Å². The van der Waals surface area contributed by atoms with Gasteiger partial charge in [-0.05, 0) is 47.0 Å². The van der Waals surface area contributed by atoms with Gasteiger partial charge in [-0.1, -0.05) is 23.7 Å². The van der Waals surface area contributed by atoms with Crippen LogP contribution in [-0.2, 0) is 13.2 Å². The van der Waals surface area contributed by atoms with Crippen molar-refractivity contribution in [2.75, 3.05) is 0 Å². The van der Waals surface area contributed by atoms with E-state index in [9.17, 15) is 0 Å². The number of para-hydroxylation sites is 1. The normalized spacial score (nSPS) is 14.2. The molecule has 1 N–H and O–H groups in total. The van der Waals surface area contributed by atoms with Gasteiger partial charge in [-0.25, -0.2) is 0 Å². The maximum atomic E-state index is 6.27. The first kappa shape index (κ1) is 14.8. The van der Waals surface area contributed by atoms with E-state index < -0.39 is 0 Å². The summed E-state index contributed by atoms with van der Waals surface area (Å²) in [5.74, 6) is 0.747. The summed E-state index contributed by atoms with van der Waals surface area (Å²) >= 11 is 9.64. The van der Waals surface area contributed by atoms with Gasteiger partial charge < -0.3 is 10.1 Å². The van der Waals surface area contributed by atoms with E-state index in [-0.39, 0.29) is 0 Å². The van der Waals surface area contributed by atoms with Gasteiger partial charge in [0.15, 0.2) is 0 Å². The number of hydrogen-bond donors (Lipinski definition) is 1. The molecule has 1 aliphatic carbocycles. The molecule has 0 spiro atoms. The summed E-state index contributed by atoms with van der Waals surface area (Å²) in [6.45, 7) is 1.20. The van der Waals surface area contributed by atoms with E-state index in [0.717, 1.165) is 28.0 Å². The number of pyridine rings is 1. The molecule has 3 rings (SSSR count). The van der Waals surface area contributed by atoms with Crippen LogP contribution >= 0.6 is 27.5 Å². The van der Waals surface area contributed by atoms with Gasteiger partial charge in [-0.3, -0.25) is 4.98 Å². The minimum absolute atomic E-state index is 0.410. The molecular weight excluding hydrogens is 352 g/mol. The number of ether oxygens (including phenoxy) is 1. The fourth-order valence-electron chi connectivity index (χ4n) is 2.03. The molecule has 2 aromatic rings. The first-order valence-electron chi connectivity index (χ1n) is 6.96. The van der Waals surface area contributed by atoms with Gasteiger partial charge in [0, 0.05) is 28.8 Å². The lowest BCUT2D eigenvalue weighted by atomic mass is 10.2. The van der Waals surface area contributed by atoms with Crippen LogP contribution in [0.3, 0.4) is 0 Å². The molecule has 1 fully saturated rings. The smallest absolute Gasteiger partial charge is 0.142 e. The van der Waals surface area contributed by atoms with Crippen molar-refractivity contribution in [3.8, 4) is 5.75 Å². The Morgan fingerprint density at radius 2 is 2.14 bits per heavy atom. The summed E-state index contributed by atoms with van der Waals surface area (Å²) in [4.78, 5) is 4.31. The van der Waals surface area contributed by atoms with E-state index in [1.54, 1.807) is 6.20 Å². The minimum atomic E-state index is 0.410. The first-order chi connectivity index (χ1) is 10.2. The largest absolute Gasteiger partial charge is 0.485 e. The topological polar surface area (TPSA) is 34.1 Å². The third kappa shape index (κ3) is 4.19. The fraction of sp³-hybridized carbons (Fsp3) is 0.312. The highest BCUT2D eigenvalue weighted by atomic mass is 79.9. The second-order valence-electron chi connectivity index (χ2n) is 5.14. The second-order valence-corrected chi connectivity index (χ2v) is 6.46. The van der Waals surface area contributed by atoms with Crippen molar-refractivity contribution in [3.63, 3.8) is 0 Å². The molecule has 0 amide bonds. The van der Waals surface area contributed by atoms with Crippen LogP contribution in [0.25, 0.3) is 0 Å². The van der Waals surface area contributed by atoms with Crippen LogP contribution in [0, 0.1) is 0 Å². The minimum Gasteiger partial charge on any atom is -0.485 e. The highest BCUT2D eigenvalue weighted by Gasteiger charge is 2.21. The average molecular weight is 368 g/mol. The lowest BCUT2D eigenvalue weighted by Gasteiger charge is -2.13. The first-order valence-corrected chi connectivity index (χ1v) is 8.13. The Morgan fingerprint density at radius 3 is 2.86 bits per heavy atom. The summed E-state index contributed by atoms with van der Waals surface area (Å²) in [6.07, 6.45) is 4.29. The third-order valence-corrected chi connectivity index (χ3v) is 4.13. The molecule has 1 heterocycles. The Bertz CT molecular complexity index is 614. The number of rotatable bonds is 6. The number of nitrogens with one attached hydrogen (secondary N) is 1. The summed E-state index contributed by atoms with van der Waals surface area (Å²) in [7, 11) is 0. The number of hydrogen-bond acceptors (Lipinski definition) is 3. The molecule has 0 bridgehead atoms. The second kappa shape index (κ2) is 6.77. The monoisotopic (exact) mass is 366 g/mol. The van der Waals surface area contributed by atoms with Gasteiger partial charge in [0.2, 0.25) is 0 Å². The van der Waals surface area contributed by atoms with E-state index in [1.165, 1.54) is 12.8 Å². The molecule has 1 aromatic carbocycles. The zero-order valence-corrected chi connectivity index (χ0v) is 13.8. The van der Waals surface area contributed by atoms with Crippen molar-refractivity contribution in [2.45, 2.75) is 32.0 Å². The Balaban J connectivity index is 1.69. The van der Waals surface area contributed by atoms with Crippen LogP contribution in [0.15, 0.2) is 41.0 Å². The maximum absolute atomic E-state index is 6.27. The molecule has 0 atom stereocenters. The Labute approximate surface area is 137 Å². The van der Waals surface area contributed by atoms with Crippen LogP contribution in [0.1, 0.15) is 24.1 Å². The number of benzene rings is 1. The fourth-order valence-corrected chi connectivity index (χ4v) is 2.52. The molecule has 1 saturated carbocycles. The van der Waals surface area contributed by atoms with Crippen molar-refractivity contribution in [1.29, 1.82) is 0 Å². The third-order valence-electron chi connectivity index (χ3n) is 3.36. The lowest BCUT2D eigenvalue weighted by molar-refractivity contribution is 0.297. The molecule has 0 aliphatic heterocycles. The number of nitrogens with zero attached hydrogens (tertiary/aromatic N) is 1. The zero-order chi connectivity index (χ0) is 14.7. The molecule has 21 heavy (non-hydrogen) atoms. The maximum Gasteiger partial charge on any atom is 0.142 e. The molecule has 1 aromatic heterocycles. The summed E-state index contributed by atoms with van der Waals surface area (Å²) in [5, 5.41) is 4.13. The predicted molar refractivity (Wildman–Crippen MR) is 87.6 cm³/mol. The Morgan fingerprint density at radius 1 is 1.29 bits per heavy atom. The van der Waals surface area contributed by atoms with E-state index >= 15 is 0 Å². The van der Waals surface area contributed by atoms with Crippen LogP contribution in [-0.4, -0.2) is 11.0 Å². The van der Waals surface area contributed by atoms with Gasteiger partial charge >= 0.3 is 0 Å². The van der Waals surface area contributed by atoms with Crippen LogP contribution in [0.5, 0.6) is 5.75 Å². The molecular formula is C16H16BrClN2O. The van der Waals surface area contributed by atoms with E-state index in [2.05, 4.69) is 26.2 Å². The molecule has 110 valence electrons. The highest BCUT2D eigenvalue weighted by Crippen LogP contribution is 2.30. The molecule has 0 saturated heterocycles. The van der Waals surface area contributed by atoms with Gasteiger partial charge in [0.05, 0.1) is 10.7 Å². The molecule has 3 nitrogen and oxygen atoms in total.